The molecule has 0 aliphatic carbocycles. The van der Waals surface area contributed by atoms with Gasteiger partial charge in [0.2, 0.25) is 0 Å². The van der Waals surface area contributed by atoms with Crippen LogP contribution in [0.1, 0.15) is 24.8 Å². The Balaban J connectivity index is 2.18. The highest BCUT2D eigenvalue weighted by atomic mass is 35.5. The molecule has 1 aliphatic heterocycles. The lowest BCUT2D eigenvalue weighted by molar-refractivity contribution is -0.148. The molecule has 104 valence electrons. The van der Waals surface area contributed by atoms with Gasteiger partial charge in [-0.05, 0) is 31.5 Å². The van der Waals surface area contributed by atoms with E-state index in [1.807, 2.05) is 18.2 Å². The van der Waals surface area contributed by atoms with E-state index in [1.54, 1.807) is 0 Å². The number of halogens is 2. The van der Waals surface area contributed by atoms with Crippen LogP contribution in [-0.2, 0) is 16.1 Å². The fourth-order valence-corrected chi connectivity index (χ4v) is 2.99. The van der Waals surface area contributed by atoms with Crippen molar-refractivity contribution in [2.24, 2.45) is 0 Å². The van der Waals surface area contributed by atoms with Crippen molar-refractivity contribution < 1.29 is 9.53 Å². The summed E-state index contributed by atoms with van der Waals surface area (Å²) in [7, 11) is 1.43. The average molecular weight is 302 g/mol. The third-order valence-electron chi connectivity index (χ3n) is 3.51. The van der Waals surface area contributed by atoms with E-state index in [9.17, 15) is 4.79 Å². The van der Waals surface area contributed by atoms with E-state index in [0.29, 0.717) is 16.6 Å². The van der Waals surface area contributed by atoms with Gasteiger partial charge in [0.15, 0.2) is 0 Å². The lowest BCUT2D eigenvalue weighted by Gasteiger charge is -2.34. The first kappa shape index (κ1) is 14.6. The average Bonchev–Trinajstić information content (AvgIpc) is 2.42. The maximum Gasteiger partial charge on any atom is 0.323 e. The molecular formula is C14H17Cl2NO2. The normalized spacial score (nSPS) is 20.3. The van der Waals surface area contributed by atoms with Gasteiger partial charge in [0.25, 0.3) is 0 Å². The number of ether oxygens (including phenoxy) is 1. The van der Waals surface area contributed by atoms with Crippen molar-refractivity contribution in [1.29, 1.82) is 0 Å². The molecule has 1 fully saturated rings. The van der Waals surface area contributed by atoms with Crippen molar-refractivity contribution in [3.63, 3.8) is 0 Å². The van der Waals surface area contributed by atoms with Crippen molar-refractivity contribution >= 4 is 29.2 Å². The molecule has 1 aromatic rings. The van der Waals surface area contributed by atoms with Gasteiger partial charge in [-0.15, -0.1) is 0 Å². The smallest absolute Gasteiger partial charge is 0.323 e. The number of nitrogens with zero attached hydrogens (tertiary/aromatic N) is 1. The molecule has 1 aromatic carbocycles. The van der Waals surface area contributed by atoms with Gasteiger partial charge in [0, 0.05) is 22.2 Å². The number of hydrogen-bond donors (Lipinski definition) is 0. The monoisotopic (exact) mass is 301 g/mol. The Morgan fingerprint density at radius 1 is 1.37 bits per heavy atom. The summed E-state index contributed by atoms with van der Waals surface area (Å²) in [6, 6.07) is 5.27. The van der Waals surface area contributed by atoms with Gasteiger partial charge in [0.05, 0.1) is 7.11 Å². The summed E-state index contributed by atoms with van der Waals surface area (Å²) >= 11 is 12.4. The predicted molar refractivity (Wildman–Crippen MR) is 76.5 cm³/mol. The molecule has 0 bridgehead atoms. The minimum Gasteiger partial charge on any atom is -0.468 e. The highest BCUT2D eigenvalue weighted by Gasteiger charge is 2.30. The quantitative estimate of drug-likeness (QED) is 0.800. The summed E-state index contributed by atoms with van der Waals surface area (Å²) in [4.78, 5) is 13.9. The number of hydrogen-bond acceptors (Lipinski definition) is 3. The lowest BCUT2D eigenvalue weighted by Crippen LogP contribution is -2.44. The maximum atomic E-state index is 11.8. The van der Waals surface area contributed by atoms with Gasteiger partial charge >= 0.3 is 5.97 Å². The highest BCUT2D eigenvalue weighted by Crippen LogP contribution is 2.28. The summed E-state index contributed by atoms with van der Waals surface area (Å²) in [5.41, 5.74) is 0.877. The fraction of sp³-hybridized carbons (Fsp3) is 0.500. The van der Waals surface area contributed by atoms with Crippen LogP contribution in [0.25, 0.3) is 0 Å². The standard InChI is InChI=1S/C14H17Cl2NO2/c1-19-14(18)13-7-2-3-8-17(13)9-10-11(15)5-4-6-12(10)16/h4-6,13H,2-3,7-9H2,1H3/t13-/m1/s1. The molecule has 0 radical (unpaired) electrons. The van der Waals surface area contributed by atoms with Crippen LogP contribution in [0.15, 0.2) is 18.2 Å². The zero-order valence-electron chi connectivity index (χ0n) is 10.9. The van der Waals surface area contributed by atoms with E-state index < -0.39 is 0 Å². The molecule has 0 aromatic heterocycles. The molecule has 0 amide bonds. The number of esters is 1. The van der Waals surface area contributed by atoms with Crippen molar-refractivity contribution in [1.82, 2.24) is 4.90 Å². The molecule has 1 saturated heterocycles. The number of likely N-dealkylation sites (tertiary alicyclic amines) is 1. The largest absolute Gasteiger partial charge is 0.468 e. The summed E-state index contributed by atoms with van der Waals surface area (Å²) in [6.45, 7) is 1.44. The van der Waals surface area contributed by atoms with Crippen LogP contribution in [0.2, 0.25) is 10.0 Å². The van der Waals surface area contributed by atoms with E-state index >= 15 is 0 Å². The van der Waals surface area contributed by atoms with E-state index in [-0.39, 0.29) is 12.0 Å². The predicted octanol–water partition coefficient (Wildman–Crippen LogP) is 3.52. The topological polar surface area (TPSA) is 29.5 Å². The van der Waals surface area contributed by atoms with E-state index in [0.717, 1.165) is 31.4 Å². The van der Waals surface area contributed by atoms with Crippen LogP contribution >= 0.6 is 23.2 Å². The second-order valence-corrected chi connectivity index (χ2v) is 5.52. The molecule has 0 spiro atoms. The molecule has 1 aliphatic rings. The number of piperidine rings is 1. The summed E-state index contributed by atoms with van der Waals surface area (Å²) in [5, 5.41) is 1.28. The van der Waals surface area contributed by atoms with Crippen molar-refractivity contribution in [2.45, 2.75) is 31.8 Å². The molecule has 2 rings (SSSR count). The molecule has 0 saturated carbocycles. The summed E-state index contributed by atoms with van der Waals surface area (Å²) < 4.78 is 4.87. The van der Waals surface area contributed by atoms with Crippen LogP contribution in [0.4, 0.5) is 0 Å². The Hall–Kier alpha value is -0.770. The third kappa shape index (κ3) is 3.41. The second-order valence-electron chi connectivity index (χ2n) is 4.71. The first-order valence-corrected chi connectivity index (χ1v) is 7.14. The van der Waals surface area contributed by atoms with Crippen LogP contribution in [0.5, 0.6) is 0 Å². The zero-order valence-corrected chi connectivity index (χ0v) is 12.4. The number of methoxy groups -OCH3 is 1. The maximum absolute atomic E-state index is 11.8. The van der Waals surface area contributed by atoms with Crippen molar-refractivity contribution in [3.05, 3.63) is 33.8 Å². The first-order chi connectivity index (χ1) is 9.13. The van der Waals surface area contributed by atoms with Crippen LogP contribution < -0.4 is 0 Å². The van der Waals surface area contributed by atoms with Gasteiger partial charge in [-0.1, -0.05) is 35.7 Å². The zero-order chi connectivity index (χ0) is 13.8. The molecule has 0 unspecified atom stereocenters. The third-order valence-corrected chi connectivity index (χ3v) is 4.22. The lowest BCUT2D eigenvalue weighted by atomic mass is 10.0. The van der Waals surface area contributed by atoms with Gasteiger partial charge in [-0.2, -0.15) is 0 Å². The second kappa shape index (κ2) is 6.60. The van der Waals surface area contributed by atoms with Crippen LogP contribution in [0, 0.1) is 0 Å². The Morgan fingerprint density at radius 2 is 2.05 bits per heavy atom. The molecule has 0 N–H and O–H groups in total. The van der Waals surface area contributed by atoms with Gasteiger partial charge < -0.3 is 4.74 Å². The Kier molecular flexibility index (Phi) is 5.08. The van der Waals surface area contributed by atoms with Crippen LogP contribution in [0.3, 0.4) is 0 Å². The van der Waals surface area contributed by atoms with E-state index in [4.69, 9.17) is 27.9 Å². The van der Waals surface area contributed by atoms with Crippen molar-refractivity contribution in [3.8, 4) is 0 Å². The Labute approximate surface area is 123 Å². The van der Waals surface area contributed by atoms with Gasteiger partial charge in [0.1, 0.15) is 6.04 Å². The van der Waals surface area contributed by atoms with Crippen molar-refractivity contribution in [2.75, 3.05) is 13.7 Å². The Morgan fingerprint density at radius 3 is 2.68 bits per heavy atom. The fourth-order valence-electron chi connectivity index (χ4n) is 2.47. The number of carbonyl (C=O) groups is 1. The first-order valence-electron chi connectivity index (χ1n) is 6.38. The molecule has 3 nitrogen and oxygen atoms in total. The molecule has 1 heterocycles. The minimum absolute atomic E-state index is 0.178. The summed E-state index contributed by atoms with van der Waals surface area (Å²) in [6.07, 6.45) is 2.96. The molecule has 1 atom stereocenters. The van der Waals surface area contributed by atoms with E-state index in [1.165, 1.54) is 7.11 Å². The number of rotatable bonds is 3. The number of carbonyl (C=O) groups excluding carboxylic acids is 1. The minimum atomic E-state index is -0.189. The van der Waals surface area contributed by atoms with Gasteiger partial charge in [-0.3, -0.25) is 9.69 Å². The SMILES string of the molecule is COC(=O)[C@H]1CCCCN1Cc1c(Cl)cccc1Cl. The molecule has 5 heteroatoms. The van der Waals surface area contributed by atoms with E-state index in [2.05, 4.69) is 4.90 Å². The van der Waals surface area contributed by atoms with Crippen LogP contribution in [-0.4, -0.2) is 30.6 Å². The molecular weight excluding hydrogens is 285 g/mol. The highest BCUT2D eigenvalue weighted by molar-refractivity contribution is 6.35. The number of benzene rings is 1. The Bertz CT molecular complexity index is 445. The van der Waals surface area contributed by atoms with Gasteiger partial charge in [-0.25, -0.2) is 0 Å². The summed E-state index contributed by atoms with van der Waals surface area (Å²) in [5.74, 6) is -0.178. The molecule has 19 heavy (non-hydrogen) atoms.